The van der Waals surface area contributed by atoms with Gasteiger partial charge in [0.05, 0.1) is 0 Å². The third kappa shape index (κ3) is 6.38. The van der Waals surface area contributed by atoms with Gasteiger partial charge in [0, 0.05) is 27.5 Å². The van der Waals surface area contributed by atoms with Gasteiger partial charge >= 0.3 is 0 Å². The van der Waals surface area contributed by atoms with Crippen molar-refractivity contribution in [2.75, 3.05) is 11.9 Å². The number of anilines is 1. The number of rotatable bonds is 8. The number of benzene rings is 2. The van der Waals surface area contributed by atoms with Crippen LogP contribution in [0.4, 0.5) is 5.13 Å². The molecule has 0 aliphatic carbocycles. The van der Waals surface area contributed by atoms with Crippen LogP contribution < -0.4 is 10.1 Å². The van der Waals surface area contributed by atoms with Gasteiger partial charge in [-0.15, -0.1) is 11.3 Å². The second-order valence-electron chi connectivity index (χ2n) is 6.70. The van der Waals surface area contributed by atoms with E-state index >= 15 is 0 Å². The summed E-state index contributed by atoms with van der Waals surface area (Å²) in [6, 6.07) is 15.6. The quantitative estimate of drug-likeness (QED) is 0.240. The van der Waals surface area contributed by atoms with Gasteiger partial charge in [-0.25, -0.2) is 4.98 Å². The minimum atomic E-state index is -0.520. The predicted octanol–water partition coefficient (Wildman–Crippen LogP) is 5.92. The predicted molar refractivity (Wildman–Crippen MR) is 128 cm³/mol. The van der Waals surface area contributed by atoms with Crippen LogP contribution in [0.15, 0.2) is 71.4 Å². The number of carbonyl (C=O) groups is 1. The van der Waals surface area contributed by atoms with Gasteiger partial charge in [-0.2, -0.15) is 5.26 Å². The molecule has 0 bridgehead atoms. The van der Waals surface area contributed by atoms with Crippen LogP contribution in [-0.2, 0) is 11.2 Å². The number of aromatic nitrogens is 1. The largest absolute Gasteiger partial charge is 0.489 e. The normalized spacial score (nSPS) is 10.9. The molecule has 0 aliphatic rings. The maximum absolute atomic E-state index is 12.7. The fraction of sp³-hybridized carbons (Fsp3) is 0.125. The summed E-state index contributed by atoms with van der Waals surface area (Å²) in [5, 5.41) is 12.7. The molecular formula is C24H20BrN3O2S. The zero-order valence-electron chi connectivity index (χ0n) is 16.9. The molecule has 5 nitrogen and oxygen atoms in total. The molecule has 0 radical (unpaired) electrons. The van der Waals surface area contributed by atoms with Crippen molar-refractivity contribution in [2.24, 2.45) is 0 Å². The van der Waals surface area contributed by atoms with Gasteiger partial charge in [-0.1, -0.05) is 58.4 Å². The Morgan fingerprint density at radius 2 is 2.10 bits per heavy atom. The van der Waals surface area contributed by atoms with Crippen LogP contribution in [0.25, 0.3) is 6.08 Å². The van der Waals surface area contributed by atoms with E-state index in [1.807, 2.05) is 19.1 Å². The Morgan fingerprint density at radius 3 is 2.81 bits per heavy atom. The molecule has 1 aromatic heterocycles. The third-order valence-corrected chi connectivity index (χ3v) is 5.67. The molecule has 0 aliphatic heterocycles. The monoisotopic (exact) mass is 493 g/mol. The summed E-state index contributed by atoms with van der Waals surface area (Å²) >= 11 is 4.79. The van der Waals surface area contributed by atoms with Crippen molar-refractivity contribution >= 4 is 44.4 Å². The number of hydrogen-bond acceptors (Lipinski definition) is 5. The second kappa shape index (κ2) is 10.7. The molecule has 3 aromatic rings. The van der Waals surface area contributed by atoms with Gasteiger partial charge < -0.3 is 4.74 Å². The smallest absolute Gasteiger partial charge is 0.268 e. The van der Waals surface area contributed by atoms with Crippen LogP contribution in [0.2, 0.25) is 0 Å². The summed E-state index contributed by atoms with van der Waals surface area (Å²) in [6.45, 7) is 6.00. The number of nitrogens with zero attached hydrogens (tertiary/aromatic N) is 2. The Bertz CT molecular complexity index is 1160. The van der Waals surface area contributed by atoms with Gasteiger partial charge in [-0.05, 0) is 36.8 Å². The van der Waals surface area contributed by atoms with Crippen molar-refractivity contribution in [3.05, 3.63) is 92.9 Å². The number of nitrogens with one attached hydrogen (secondary N) is 1. The van der Waals surface area contributed by atoms with Crippen molar-refractivity contribution in [1.29, 1.82) is 5.26 Å². The first-order chi connectivity index (χ1) is 15.0. The van der Waals surface area contributed by atoms with E-state index < -0.39 is 5.91 Å². The van der Waals surface area contributed by atoms with E-state index in [-0.39, 0.29) is 5.57 Å². The van der Waals surface area contributed by atoms with Crippen LogP contribution in [0.1, 0.15) is 21.6 Å². The SMILES string of the molecule is C=CCOc1ccc(Br)cc1C=C(C#N)C(=O)Nc1ncc(Cc2ccc(C)cc2)s1. The molecule has 0 spiro atoms. The van der Waals surface area contributed by atoms with Crippen LogP contribution in [-0.4, -0.2) is 17.5 Å². The van der Waals surface area contributed by atoms with E-state index in [9.17, 15) is 10.1 Å². The zero-order valence-corrected chi connectivity index (χ0v) is 19.3. The number of hydrogen-bond donors (Lipinski definition) is 1. The fourth-order valence-corrected chi connectivity index (χ4v) is 3.96. The highest BCUT2D eigenvalue weighted by molar-refractivity contribution is 9.10. The Labute approximate surface area is 193 Å². The number of thiazole rings is 1. The summed E-state index contributed by atoms with van der Waals surface area (Å²) in [6.07, 6.45) is 5.60. The van der Waals surface area contributed by atoms with Crippen molar-refractivity contribution in [2.45, 2.75) is 13.3 Å². The molecule has 2 aromatic carbocycles. The highest BCUT2D eigenvalue weighted by atomic mass is 79.9. The highest BCUT2D eigenvalue weighted by Crippen LogP contribution is 2.27. The number of nitriles is 1. The molecule has 0 atom stereocenters. The molecule has 1 N–H and O–H groups in total. The summed E-state index contributed by atoms with van der Waals surface area (Å²) in [5.41, 5.74) is 2.95. The van der Waals surface area contributed by atoms with E-state index in [4.69, 9.17) is 4.74 Å². The van der Waals surface area contributed by atoms with Gasteiger partial charge in [0.2, 0.25) is 0 Å². The molecule has 0 saturated heterocycles. The summed E-state index contributed by atoms with van der Waals surface area (Å²) < 4.78 is 6.43. The Hall–Kier alpha value is -3.21. The third-order valence-electron chi connectivity index (χ3n) is 4.27. The lowest BCUT2D eigenvalue weighted by molar-refractivity contribution is -0.112. The van der Waals surface area contributed by atoms with Crippen molar-refractivity contribution in [1.82, 2.24) is 4.98 Å². The van der Waals surface area contributed by atoms with E-state index in [1.54, 1.807) is 24.4 Å². The molecule has 3 rings (SSSR count). The number of carbonyl (C=O) groups excluding carboxylic acids is 1. The average molecular weight is 494 g/mol. The summed E-state index contributed by atoms with van der Waals surface area (Å²) in [5.74, 6) is 0.0339. The molecule has 0 fully saturated rings. The van der Waals surface area contributed by atoms with Crippen LogP contribution in [0.5, 0.6) is 5.75 Å². The lowest BCUT2D eigenvalue weighted by atomic mass is 10.1. The Balaban J connectivity index is 1.74. The molecule has 0 saturated carbocycles. The number of aryl methyl sites for hydroxylation is 1. The van der Waals surface area contributed by atoms with E-state index in [0.29, 0.717) is 23.1 Å². The molecular weight excluding hydrogens is 474 g/mol. The van der Waals surface area contributed by atoms with E-state index in [2.05, 4.69) is 57.1 Å². The van der Waals surface area contributed by atoms with Gasteiger partial charge in [0.1, 0.15) is 24.0 Å². The number of ether oxygens (including phenoxy) is 1. The zero-order chi connectivity index (χ0) is 22.2. The second-order valence-corrected chi connectivity index (χ2v) is 8.73. The molecule has 156 valence electrons. The van der Waals surface area contributed by atoms with Crippen molar-refractivity contribution < 1.29 is 9.53 Å². The molecule has 31 heavy (non-hydrogen) atoms. The molecule has 1 heterocycles. The summed E-state index contributed by atoms with van der Waals surface area (Å²) in [7, 11) is 0. The lowest BCUT2D eigenvalue weighted by Crippen LogP contribution is -2.13. The van der Waals surface area contributed by atoms with Crippen molar-refractivity contribution in [3.63, 3.8) is 0 Å². The fourth-order valence-electron chi connectivity index (χ4n) is 2.73. The first kappa shape index (κ1) is 22.5. The minimum absolute atomic E-state index is 0.0446. The minimum Gasteiger partial charge on any atom is -0.489 e. The molecule has 0 unspecified atom stereocenters. The van der Waals surface area contributed by atoms with E-state index in [1.165, 1.54) is 28.5 Å². The van der Waals surface area contributed by atoms with E-state index in [0.717, 1.165) is 15.8 Å². The number of halogens is 1. The topological polar surface area (TPSA) is 75.0 Å². The molecule has 7 heteroatoms. The molecule has 1 amide bonds. The number of amides is 1. The van der Waals surface area contributed by atoms with Crippen LogP contribution in [0, 0.1) is 18.3 Å². The first-order valence-corrected chi connectivity index (χ1v) is 11.1. The lowest BCUT2D eigenvalue weighted by Gasteiger charge is -2.08. The maximum atomic E-state index is 12.7. The maximum Gasteiger partial charge on any atom is 0.268 e. The van der Waals surface area contributed by atoms with Gasteiger partial charge in [0.15, 0.2) is 5.13 Å². The Morgan fingerprint density at radius 1 is 1.32 bits per heavy atom. The first-order valence-electron chi connectivity index (χ1n) is 9.45. The average Bonchev–Trinajstić information content (AvgIpc) is 3.19. The highest BCUT2D eigenvalue weighted by Gasteiger charge is 2.14. The summed E-state index contributed by atoms with van der Waals surface area (Å²) in [4.78, 5) is 18.0. The van der Waals surface area contributed by atoms with Crippen LogP contribution in [0.3, 0.4) is 0 Å². The Kier molecular flexibility index (Phi) is 7.76. The van der Waals surface area contributed by atoms with Crippen molar-refractivity contribution in [3.8, 4) is 11.8 Å². The van der Waals surface area contributed by atoms with Crippen LogP contribution >= 0.6 is 27.3 Å². The van der Waals surface area contributed by atoms with Gasteiger partial charge in [0.25, 0.3) is 5.91 Å². The standard InChI is InChI=1S/C24H20BrN3O2S/c1-3-10-30-22-9-8-20(25)13-18(22)12-19(14-26)23(29)28-24-27-15-21(31-24)11-17-6-4-16(2)5-7-17/h3-9,12-13,15H,1,10-11H2,2H3,(H,27,28,29). The van der Waals surface area contributed by atoms with Gasteiger partial charge in [-0.3, -0.25) is 10.1 Å².